The van der Waals surface area contributed by atoms with Crippen LogP contribution < -0.4 is 0 Å². The molecule has 76 valence electrons. The van der Waals surface area contributed by atoms with Crippen LogP contribution in [-0.4, -0.2) is 22.9 Å². The molecule has 1 aromatic rings. The predicted octanol–water partition coefficient (Wildman–Crippen LogP) is 1.25. The van der Waals surface area contributed by atoms with Crippen molar-refractivity contribution in [2.24, 2.45) is 5.41 Å². The molecule has 0 radical (unpaired) electrons. The summed E-state index contributed by atoms with van der Waals surface area (Å²) in [7, 11) is 1.40. The molecule has 0 aliphatic carbocycles. The number of hydrogen-bond acceptors (Lipinski definition) is 3. The number of rotatable bonds is 1. The minimum Gasteiger partial charge on any atom is -0.465 e. The molecule has 0 amide bonds. The molecule has 1 aliphatic heterocycles. The molecule has 1 aromatic heterocycles. The molecule has 0 spiro atoms. The van der Waals surface area contributed by atoms with Crippen molar-refractivity contribution in [1.29, 1.82) is 0 Å². The summed E-state index contributed by atoms with van der Waals surface area (Å²) in [6.45, 7) is 5.21. The monoisotopic (exact) mass is 194 g/mol. The van der Waals surface area contributed by atoms with Crippen LogP contribution in [0.3, 0.4) is 0 Å². The largest absolute Gasteiger partial charge is 0.465 e. The number of hydrogen-bond donors (Lipinski definition) is 0. The van der Waals surface area contributed by atoms with E-state index in [1.165, 1.54) is 7.11 Å². The summed E-state index contributed by atoms with van der Waals surface area (Å²) in [5.74, 6) is -0.288. The number of ether oxygens (including phenoxy) is 1. The summed E-state index contributed by atoms with van der Waals surface area (Å²) in [6.07, 6.45) is 2.48. The SMILES string of the molecule is COC(=O)c1cnn2c1CC(C)(C)C2. The fraction of sp³-hybridized carbons (Fsp3) is 0.600. The maximum absolute atomic E-state index is 11.4. The molecule has 4 heteroatoms. The lowest BCUT2D eigenvalue weighted by molar-refractivity contribution is 0.0599. The van der Waals surface area contributed by atoms with Gasteiger partial charge in [0.05, 0.1) is 19.0 Å². The first-order chi connectivity index (χ1) is 6.53. The van der Waals surface area contributed by atoms with Gasteiger partial charge in [-0.25, -0.2) is 4.79 Å². The predicted molar refractivity (Wildman–Crippen MR) is 51.1 cm³/mol. The van der Waals surface area contributed by atoms with E-state index in [4.69, 9.17) is 4.74 Å². The Morgan fingerprint density at radius 1 is 1.64 bits per heavy atom. The normalized spacial score (nSPS) is 17.9. The maximum Gasteiger partial charge on any atom is 0.341 e. The Kier molecular flexibility index (Phi) is 1.87. The minimum absolute atomic E-state index is 0.201. The fourth-order valence-corrected chi connectivity index (χ4v) is 1.93. The highest BCUT2D eigenvalue weighted by molar-refractivity contribution is 5.90. The number of nitrogens with zero attached hydrogens (tertiary/aromatic N) is 2. The highest BCUT2D eigenvalue weighted by atomic mass is 16.5. The van der Waals surface area contributed by atoms with Gasteiger partial charge in [-0.15, -0.1) is 0 Å². The summed E-state index contributed by atoms with van der Waals surface area (Å²) in [6, 6.07) is 0. The molecule has 0 saturated heterocycles. The first-order valence-corrected chi connectivity index (χ1v) is 4.66. The standard InChI is InChI=1S/C10H14N2O2/c1-10(2)4-8-7(9(13)14-3)5-11-12(8)6-10/h5H,4,6H2,1-3H3. The molecule has 14 heavy (non-hydrogen) atoms. The van der Waals surface area contributed by atoms with E-state index in [9.17, 15) is 4.79 Å². The van der Waals surface area contributed by atoms with Gasteiger partial charge in [0.15, 0.2) is 0 Å². The highest BCUT2D eigenvalue weighted by Crippen LogP contribution is 2.32. The molecule has 4 nitrogen and oxygen atoms in total. The number of carbonyl (C=O) groups excluding carboxylic acids is 1. The van der Waals surface area contributed by atoms with Gasteiger partial charge in [0, 0.05) is 6.54 Å². The van der Waals surface area contributed by atoms with Gasteiger partial charge in [-0.05, 0) is 11.8 Å². The molecule has 0 unspecified atom stereocenters. The molecule has 0 fully saturated rings. The van der Waals surface area contributed by atoms with E-state index in [2.05, 4.69) is 18.9 Å². The first kappa shape index (κ1) is 9.24. The molecule has 1 aliphatic rings. The van der Waals surface area contributed by atoms with Gasteiger partial charge in [-0.1, -0.05) is 13.8 Å². The smallest absolute Gasteiger partial charge is 0.341 e. The Hall–Kier alpha value is -1.32. The van der Waals surface area contributed by atoms with Crippen LogP contribution in [0.25, 0.3) is 0 Å². The van der Waals surface area contributed by atoms with E-state index in [0.29, 0.717) is 5.56 Å². The van der Waals surface area contributed by atoms with Gasteiger partial charge in [-0.2, -0.15) is 5.10 Å². The van der Waals surface area contributed by atoms with Crippen molar-refractivity contribution in [2.75, 3.05) is 7.11 Å². The summed E-state index contributed by atoms with van der Waals surface area (Å²) in [4.78, 5) is 11.4. The van der Waals surface area contributed by atoms with E-state index < -0.39 is 0 Å². The Morgan fingerprint density at radius 3 is 3.00 bits per heavy atom. The zero-order valence-electron chi connectivity index (χ0n) is 8.70. The molecule has 0 aromatic carbocycles. The van der Waals surface area contributed by atoms with Crippen molar-refractivity contribution in [3.63, 3.8) is 0 Å². The van der Waals surface area contributed by atoms with Crippen molar-refractivity contribution in [3.8, 4) is 0 Å². The average Bonchev–Trinajstić information content (AvgIpc) is 2.58. The van der Waals surface area contributed by atoms with Crippen LogP contribution in [0.15, 0.2) is 6.20 Å². The molecule has 0 atom stereocenters. The van der Waals surface area contributed by atoms with E-state index in [1.54, 1.807) is 6.20 Å². The van der Waals surface area contributed by atoms with Gasteiger partial charge in [0.1, 0.15) is 5.56 Å². The van der Waals surface area contributed by atoms with Crippen molar-refractivity contribution in [3.05, 3.63) is 17.5 Å². The summed E-state index contributed by atoms with van der Waals surface area (Å²) in [5.41, 5.74) is 1.81. The lowest BCUT2D eigenvalue weighted by Gasteiger charge is -2.14. The molecule has 0 N–H and O–H groups in total. The molecular formula is C10H14N2O2. The van der Waals surface area contributed by atoms with Gasteiger partial charge >= 0.3 is 5.97 Å². The first-order valence-electron chi connectivity index (χ1n) is 4.66. The van der Waals surface area contributed by atoms with Crippen LogP contribution in [0.5, 0.6) is 0 Å². The second-order valence-corrected chi connectivity index (χ2v) is 4.50. The molecule has 0 saturated carbocycles. The third-order valence-electron chi connectivity index (χ3n) is 2.58. The summed E-state index contributed by atoms with van der Waals surface area (Å²) in [5, 5.41) is 4.18. The van der Waals surface area contributed by atoms with Crippen LogP contribution in [0.4, 0.5) is 0 Å². The number of aromatic nitrogens is 2. The van der Waals surface area contributed by atoms with Crippen LogP contribution in [-0.2, 0) is 17.7 Å². The lowest BCUT2D eigenvalue weighted by Crippen LogP contribution is -2.13. The molecule has 0 bridgehead atoms. The Labute approximate surface area is 82.9 Å². The zero-order valence-corrected chi connectivity index (χ0v) is 8.70. The molecule has 2 rings (SSSR count). The van der Waals surface area contributed by atoms with E-state index >= 15 is 0 Å². The van der Waals surface area contributed by atoms with Crippen molar-refractivity contribution in [1.82, 2.24) is 9.78 Å². The molecule has 2 heterocycles. The number of carbonyl (C=O) groups is 1. The second kappa shape index (κ2) is 2.83. The quantitative estimate of drug-likeness (QED) is 0.632. The topological polar surface area (TPSA) is 44.1 Å². The third-order valence-corrected chi connectivity index (χ3v) is 2.58. The maximum atomic E-state index is 11.4. The zero-order chi connectivity index (χ0) is 10.3. The average molecular weight is 194 g/mol. The Bertz CT molecular complexity index is 379. The van der Waals surface area contributed by atoms with Crippen molar-refractivity contribution < 1.29 is 9.53 Å². The van der Waals surface area contributed by atoms with Crippen molar-refractivity contribution >= 4 is 5.97 Å². The molecular weight excluding hydrogens is 180 g/mol. The van der Waals surface area contributed by atoms with Gasteiger partial charge in [0.2, 0.25) is 0 Å². The van der Waals surface area contributed by atoms with Gasteiger partial charge in [-0.3, -0.25) is 4.68 Å². The van der Waals surface area contributed by atoms with Crippen molar-refractivity contribution in [2.45, 2.75) is 26.8 Å². The van der Waals surface area contributed by atoms with Crippen LogP contribution in [0, 0.1) is 5.41 Å². The number of esters is 1. The summed E-state index contributed by atoms with van der Waals surface area (Å²) >= 11 is 0. The third kappa shape index (κ3) is 1.31. The van der Waals surface area contributed by atoms with E-state index in [1.807, 2.05) is 4.68 Å². The number of fused-ring (bicyclic) bond motifs is 1. The van der Waals surface area contributed by atoms with Gasteiger partial charge < -0.3 is 4.74 Å². The van der Waals surface area contributed by atoms with Crippen LogP contribution in [0.1, 0.15) is 29.9 Å². The van der Waals surface area contributed by atoms with Gasteiger partial charge in [0.25, 0.3) is 0 Å². The second-order valence-electron chi connectivity index (χ2n) is 4.50. The van der Waals surface area contributed by atoms with Crippen LogP contribution in [0.2, 0.25) is 0 Å². The minimum atomic E-state index is -0.288. The highest BCUT2D eigenvalue weighted by Gasteiger charge is 2.33. The number of methoxy groups -OCH3 is 1. The van der Waals surface area contributed by atoms with E-state index in [0.717, 1.165) is 18.7 Å². The van der Waals surface area contributed by atoms with Crippen LogP contribution >= 0.6 is 0 Å². The van der Waals surface area contributed by atoms with E-state index in [-0.39, 0.29) is 11.4 Å². The fourth-order valence-electron chi connectivity index (χ4n) is 1.93. The Morgan fingerprint density at radius 2 is 2.36 bits per heavy atom. The lowest BCUT2D eigenvalue weighted by atomic mass is 9.90. The Balaban J connectivity index is 2.37. The summed E-state index contributed by atoms with van der Waals surface area (Å²) < 4.78 is 6.59.